The van der Waals surface area contributed by atoms with Gasteiger partial charge in [-0.15, -0.1) is 0 Å². The molecule has 1 aromatic rings. The van der Waals surface area contributed by atoms with E-state index in [1.807, 2.05) is 36.9 Å². The molecule has 1 heterocycles. The Labute approximate surface area is 151 Å². The van der Waals surface area contributed by atoms with Crippen LogP contribution >= 0.6 is 0 Å². The molecule has 1 saturated heterocycles. The number of hydrogen-bond acceptors (Lipinski definition) is 4. The summed E-state index contributed by atoms with van der Waals surface area (Å²) in [5.74, 6) is 0.0321. The second kappa shape index (κ2) is 8.67. The molecule has 0 radical (unpaired) electrons. The molecule has 7 heteroatoms. The van der Waals surface area contributed by atoms with Crippen LogP contribution in [-0.4, -0.2) is 68.6 Å². The van der Waals surface area contributed by atoms with Gasteiger partial charge in [0.25, 0.3) is 0 Å². The van der Waals surface area contributed by atoms with Gasteiger partial charge < -0.3 is 9.80 Å². The van der Waals surface area contributed by atoms with Gasteiger partial charge in [-0.05, 0) is 25.5 Å². The van der Waals surface area contributed by atoms with E-state index in [0.717, 1.165) is 19.5 Å². The molecule has 1 aromatic carbocycles. The van der Waals surface area contributed by atoms with Crippen LogP contribution in [0.2, 0.25) is 0 Å². The van der Waals surface area contributed by atoms with Gasteiger partial charge in [0.15, 0.2) is 0 Å². The molecular formula is C18H29N3O3S. The molecule has 140 valence electrons. The molecular weight excluding hydrogens is 338 g/mol. The molecule has 1 amide bonds. The fourth-order valence-corrected chi connectivity index (χ4v) is 4.36. The second-order valence-electron chi connectivity index (χ2n) is 6.58. The van der Waals surface area contributed by atoms with Crippen LogP contribution in [0.15, 0.2) is 30.3 Å². The number of carbonyl (C=O) groups excluding carboxylic acids is 1. The van der Waals surface area contributed by atoms with Gasteiger partial charge in [0, 0.05) is 50.9 Å². The van der Waals surface area contributed by atoms with Gasteiger partial charge in [-0.2, -0.15) is 4.31 Å². The van der Waals surface area contributed by atoms with Crippen molar-refractivity contribution in [1.82, 2.24) is 9.21 Å². The molecule has 1 fully saturated rings. The fourth-order valence-electron chi connectivity index (χ4n) is 3.13. The van der Waals surface area contributed by atoms with Crippen molar-refractivity contribution in [3.05, 3.63) is 30.3 Å². The lowest BCUT2D eigenvalue weighted by Crippen LogP contribution is -2.49. The Balaban J connectivity index is 1.86. The molecule has 0 N–H and O–H groups in total. The third-order valence-corrected chi connectivity index (χ3v) is 6.20. The van der Waals surface area contributed by atoms with Crippen LogP contribution in [0.4, 0.5) is 5.69 Å². The standard InChI is InChI=1S/C18H29N3O3S/c1-4-16(2)21(25(3,23)24)11-10-18(22)20-14-12-19(13-15-20)17-8-6-5-7-9-17/h5-9,16H,4,10-15H2,1-3H3. The van der Waals surface area contributed by atoms with E-state index in [4.69, 9.17) is 0 Å². The number of amides is 1. The summed E-state index contributed by atoms with van der Waals surface area (Å²) in [6.45, 7) is 7.04. The molecule has 6 nitrogen and oxygen atoms in total. The zero-order chi connectivity index (χ0) is 18.4. The summed E-state index contributed by atoms with van der Waals surface area (Å²) in [5, 5.41) is 0. The van der Waals surface area contributed by atoms with Gasteiger partial charge in [-0.1, -0.05) is 25.1 Å². The quantitative estimate of drug-likeness (QED) is 0.737. The van der Waals surface area contributed by atoms with Crippen molar-refractivity contribution < 1.29 is 13.2 Å². The first-order valence-electron chi connectivity index (χ1n) is 8.87. The first-order chi connectivity index (χ1) is 11.8. The van der Waals surface area contributed by atoms with E-state index < -0.39 is 10.0 Å². The van der Waals surface area contributed by atoms with Crippen molar-refractivity contribution in [1.29, 1.82) is 0 Å². The predicted octanol–water partition coefficient (Wildman–Crippen LogP) is 1.79. The van der Waals surface area contributed by atoms with Crippen molar-refractivity contribution in [3.63, 3.8) is 0 Å². The average molecular weight is 368 g/mol. The molecule has 1 aliphatic rings. The summed E-state index contributed by atoms with van der Waals surface area (Å²) in [4.78, 5) is 16.6. The van der Waals surface area contributed by atoms with E-state index in [1.165, 1.54) is 16.2 Å². The molecule has 0 aromatic heterocycles. The fraction of sp³-hybridized carbons (Fsp3) is 0.611. The van der Waals surface area contributed by atoms with Gasteiger partial charge >= 0.3 is 0 Å². The first-order valence-corrected chi connectivity index (χ1v) is 10.7. The van der Waals surface area contributed by atoms with Gasteiger partial charge in [-0.3, -0.25) is 4.79 Å². The van der Waals surface area contributed by atoms with Gasteiger partial charge in [0.2, 0.25) is 15.9 Å². The van der Waals surface area contributed by atoms with Crippen LogP contribution in [0.25, 0.3) is 0 Å². The molecule has 0 saturated carbocycles. The van der Waals surface area contributed by atoms with E-state index in [-0.39, 0.29) is 24.9 Å². The lowest BCUT2D eigenvalue weighted by molar-refractivity contribution is -0.131. The van der Waals surface area contributed by atoms with Crippen molar-refractivity contribution in [2.24, 2.45) is 0 Å². The Morgan fingerprint density at radius 1 is 1.16 bits per heavy atom. The molecule has 0 bridgehead atoms. The SMILES string of the molecule is CCC(C)N(CCC(=O)N1CCN(c2ccccc2)CC1)S(C)(=O)=O. The first kappa shape index (κ1) is 19.7. The molecule has 1 atom stereocenters. The largest absolute Gasteiger partial charge is 0.368 e. The number of carbonyl (C=O) groups is 1. The van der Waals surface area contributed by atoms with E-state index in [9.17, 15) is 13.2 Å². The minimum atomic E-state index is -3.29. The lowest BCUT2D eigenvalue weighted by atomic mass is 10.2. The summed E-state index contributed by atoms with van der Waals surface area (Å²) in [6.07, 6.45) is 2.18. The Hall–Kier alpha value is -1.60. The number of anilines is 1. The Morgan fingerprint density at radius 3 is 2.28 bits per heavy atom. The van der Waals surface area contributed by atoms with Crippen molar-refractivity contribution in [3.8, 4) is 0 Å². The summed E-state index contributed by atoms with van der Waals surface area (Å²) in [6, 6.07) is 10.1. The number of sulfonamides is 1. The Bertz CT molecular complexity index is 655. The highest BCUT2D eigenvalue weighted by Gasteiger charge is 2.25. The maximum Gasteiger partial charge on any atom is 0.224 e. The Kier molecular flexibility index (Phi) is 6.84. The molecule has 0 aliphatic carbocycles. The van der Waals surface area contributed by atoms with Gasteiger partial charge in [0.1, 0.15) is 0 Å². The predicted molar refractivity (Wildman–Crippen MR) is 101 cm³/mol. The zero-order valence-corrected chi connectivity index (χ0v) is 16.2. The number of nitrogens with zero attached hydrogens (tertiary/aromatic N) is 3. The number of piperazine rings is 1. The van der Waals surface area contributed by atoms with Crippen molar-refractivity contribution >= 4 is 21.6 Å². The van der Waals surface area contributed by atoms with Gasteiger partial charge in [0.05, 0.1) is 6.26 Å². The number of benzene rings is 1. The molecule has 1 aliphatic heterocycles. The average Bonchev–Trinajstić information content (AvgIpc) is 2.61. The number of hydrogen-bond donors (Lipinski definition) is 0. The normalized spacial score (nSPS) is 17.0. The number of para-hydroxylation sites is 1. The van der Waals surface area contributed by atoms with E-state index in [1.54, 1.807) is 0 Å². The second-order valence-corrected chi connectivity index (χ2v) is 8.52. The van der Waals surface area contributed by atoms with E-state index in [0.29, 0.717) is 13.1 Å². The minimum Gasteiger partial charge on any atom is -0.368 e. The van der Waals surface area contributed by atoms with Crippen molar-refractivity contribution in [2.45, 2.75) is 32.7 Å². The van der Waals surface area contributed by atoms with E-state index >= 15 is 0 Å². The van der Waals surface area contributed by atoms with Crippen LogP contribution in [0.5, 0.6) is 0 Å². The zero-order valence-electron chi connectivity index (χ0n) is 15.4. The summed E-state index contributed by atoms with van der Waals surface area (Å²) in [5.41, 5.74) is 1.18. The summed E-state index contributed by atoms with van der Waals surface area (Å²) >= 11 is 0. The monoisotopic (exact) mass is 367 g/mol. The van der Waals surface area contributed by atoms with Gasteiger partial charge in [-0.25, -0.2) is 8.42 Å². The topological polar surface area (TPSA) is 60.9 Å². The van der Waals surface area contributed by atoms with Crippen LogP contribution in [0.1, 0.15) is 26.7 Å². The third kappa shape index (κ3) is 5.44. The summed E-state index contributed by atoms with van der Waals surface area (Å²) < 4.78 is 25.3. The molecule has 25 heavy (non-hydrogen) atoms. The minimum absolute atomic E-state index is 0.0321. The third-order valence-electron chi connectivity index (χ3n) is 4.81. The van der Waals surface area contributed by atoms with Crippen LogP contribution in [-0.2, 0) is 14.8 Å². The lowest BCUT2D eigenvalue weighted by Gasteiger charge is -2.36. The highest BCUT2D eigenvalue weighted by molar-refractivity contribution is 7.88. The van der Waals surface area contributed by atoms with Crippen LogP contribution in [0.3, 0.4) is 0 Å². The number of rotatable bonds is 7. The molecule has 0 spiro atoms. The smallest absolute Gasteiger partial charge is 0.224 e. The van der Waals surface area contributed by atoms with Crippen LogP contribution < -0.4 is 4.90 Å². The Morgan fingerprint density at radius 2 is 1.76 bits per heavy atom. The maximum atomic E-state index is 12.5. The molecule has 1 unspecified atom stereocenters. The van der Waals surface area contributed by atoms with E-state index in [2.05, 4.69) is 17.0 Å². The van der Waals surface area contributed by atoms with Crippen molar-refractivity contribution in [2.75, 3.05) is 43.9 Å². The maximum absolute atomic E-state index is 12.5. The highest BCUT2D eigenvalue weighted by atomic mass is 32.2. The molecule has 2 rings (SSSR count). The van der Waals surface area contributed by atoms with Crippen LogP contribution in [0, 0.1) is 0 Å². The highest BCUT2D eigenvalue weighted by Crippen LogP contribution is 2.16. The summed E-state index contributed by atoms with van der Waals surface area (Å²) in [7, 11) is -3.29.